The number of para-hydroxylation sites is 1. The van der Waals surface area contributed by atoms with E-state index in [4.69, 9.17) is 4.74 Å². The summed E-state index contributed by atoms with van der Waals surface area (Å²) in [5.41, 5.74) is 3.63. The van der Waals surface area contributed by atoms with Gasteiger partial charge in [0, 0.05) is 5.69 Å². The first-order valence-electron chi connectivity index (χ1n) is 17.5. The quantitative estimate of drug-likeness (QED) is 0.0794. The summed E-state index contributed by atoms with van der Waals surface area (Å²) in [6.45, 7) is 11.1. The third-order valence-corrected chi connectivity index (χ3v) is 8.49. The summed E-state index contributed by atoms with van der Waals surface area (Å²) in [4.78, 5) is 27.0. The lowest BCUT2D eigenvalue weighted by Crippen LogP contribution is -2.30. The van der Waals surface area contributed by atoms with Gasteiger partial charge in [-0.05, 0) is 34.9 Å². The fourth-order valence-electron chi connectivity index (χ4n) is 5.84. The van der Waals surface area contributed by atoms with Crippen molar-refractivity contribution in [1.82, 2.24) is 0 Å². The molecule has 1 unspecified atom stereocenters. The van der Waals surface area contributed by atoms with Gasteiger partial charge in [0.05, 0.1) is 6.61 Å². The van der Waals surface area contributed by atoms with E-state index >= 15 is 0 Å². The standard InChI is InChI=1S/C39H61NO3/c1-6-7-8-9-10-11-12-13-14-15-16-17-18-19-20-24-30-43-39(42)36(33-26-22-21-23-27-33)38(41)40-37-34(31(2)3)28-25-29-35(37)32(4)5/h21-23,25-29,31-32,36H,6-20,24,30H2,1-5H3,(H,40,41). The fraction of sp³-hybridized carbons (Fsp3) is 0.641. The number of amides is 1. The van der Waals surface area contributed by atoms with Crippen molar-refractivity contribution in [3.05, 3.63) is 65.2 Å². The van der Waals surface area contributed by atoms with Crippen molar-refractivity contribution >= 4 is 17.6 Å². The maximum atomic E-state index is 13.7. The summed E-state index contributed by atoms with van der Waals surface area (Å²) in [6.07, 6.45) is 20.8. The van der Waals surface area contributed by atoms with Gasteiger partial charge in [0.2, 0.25) is 5.91 Å². The second-order valence-electron chi connectivity index (χ2n) is 12.9. The van der Waals surface area contributed by atoms with Crippen molar-refractivity contribution in [3.63, 3.8) is 0 Å². The Hall–Kier alpha value is -2.62. The second kappa shape index (κ2) is 22.0. The van der Waals surface area contributed by atoms with Crippen LogP contribution in [0.1, 0.15) is 172 Å². The molecule has 0 spiro atoms. The van der Waals surface area contributed by atoms with E-state index in [1.807, 2.05) is 36.4 Å². The van der Waals surface area contributed by atoms with Crippen LogP contribution in [0.15, 0.2) is 48.5 Å². The minimum atomic E-state index is -0.998. The molecule has 0 aliphatic heterocycles. The molecule has 2 rings (SSSR count). The van der Waals surface area contributed by atoms with Crippen molar-refractivity contribution < 1.29 is 14.3 Å². The first kappa shape index (κ1) is 36.6. The number of rotatable bonds is 23. The zero-order chi connectivity index (χ0) is 31.3. The van der Waals surface area contributed by atoms with E-state index in [1.54, 1.807) is 0 Å². The van der Waals surface area contributed by atoms with Gasteiger partial charge < -0.3 is 10.1 Å². The number of ether oxygens (including phenoxy) is 1. The predicted octanol–water partition coefficient (Wildman–Crippen LogP) is 11.5. The molecular formula is C39H61NO3. The highest BCUT2D eigenvalue weighted by atomic mass is 16.5. The van der Waals surface area contributed by atoms with Gasteiger partial charge in [-0.25, -0.2) is 0 Å². The minimum Gasteiger partial charge on any atom is -0.465 e. The van der Waals surface area contributed by atoms with Crippen LogP contribution >= 0.6 is 0 Å². The van der Waals surface area contributed by atoms with Crippen molar-refractivity contribution in [3.8, 4) is 0 Å². The van der Waals surface area contributed by atoms with E-state index in [9.17, 15) is 9.59 Å². The first-order chi connectivity index (χ1) is 20.9. The molecule has 0 aliphatic carbocycles. The van der Waals surface area contributed by atoms with Crippen LogP contribution in [0.5, 0.6) is 0 Å². The molecule has 0 aromatic heterocycles. The number of carbonyl (C=O) groups is 2. The third kappa shape index (κ3) is 14.1. The van der Waals surface area contributed by atoms with Crippen LogP contribution in [0.4, 0.5) is 5.69 Å². The topological polar surface area (TPSA) is 55.4 Å². The van der Waals surface area contributed by atoms with Crippen LogP contribution < -0.4 is 5.32 Å². The molecule has 240 valence electrons. The Morgan fingerprint density at radius 2 is 1.05 bits per heavy atom. The van der Waals surface area contributed by atoms with Crippen LogP contribution in [0.25, 0.3) is 0 Å². The number of hydrogen-bond donors (Lipinski definition) is 1. The molecule has 0 saturated carbocycles. The van der Waals surface area contributed by atoms with E-state index in [2.05, 4.69) is 52.1 Å². The molecule has 0 bridgehead atoms. The number of unbranched alkanes of at least 4 members (excludes halogenated alkanes) is 15. The summed E-state index contributed by atoms with van der Waals surface area (Å²) >= 11 is 0. The number of esters is 1. The average molecular weight is 592 g/mol. The van der Waals surface area contributed by atoms with Crippen LogP contribution in [0.3, 0.4) is 0 Å². The van der Waals surface area contributed by atoms with Gasteiger partial charge in [-0.3, -0.25) is 9.59 Å². The molecule has 0 saturated heterocycles. The number of anilines is 1. The molecule has 0 radical (unpaired) electrons. The molecule has 0 aliphatic rings. The van der Waals surface area contributed by atoms with Crippen molar-refractivity contribution in [2.24, 2.45) is 0 Å². The highest BCUT2D eigenvalue weighted by molar-refractivity contribution is 6.10. The number of carbonyl (C=O) groups excluding carboxylic acids is 2. The van der Waals surface area contributed by atoms with Gasteiger partial charge in [-0.15, -0.1) is 0 Å². The molecule has 1 N–H and O–H groups in total. The molecule has 4 nitrogen and oxygen atoms in total. The van der Waals surface area contributed by atoms with Gasteiger partial charge in [-0.1, -0.05) is 179 Å². The molecule has 1 amide bonds. The zero-order valence-electron chi connectivity index (χ0n) is 28.1. The SMILES string of the molecule is CCCCCCCCCCCCCCCCCCOC(=O)C(C(=O)Nc1c(C(C)C)cccc1C(C)C)c1ccccc1. The Labute approximate surface area is 263 Å². The van der Waals surface area contributed by atoms with Crippen molar-refractivity contribution in [2.45, 2.75) is 155 Å². The maximum Gasteiger partial charge on any atom is 0.323 e. The number of benzene rings is 2. The second-order valence-corrected chi connectivity index (χ2v) is 12.9. The lowest BCUT2D eigenvalue weighted by Gasteiger charge is -2.22. The summed E-state index contributed by atoms with van der Waals surface area (Å²) < 4.78 is 5.69. The monoisotopic (exact) mass is 591 g/mol. The lowest BCUT2D eigenvalue weighted by atomic mass is 9.91. The van der Waals surface area contributed by atoms with Gasteiger partial charge >= 0.3 is 5.97 Å². The predicted molar refractivity (Wildman–Crippen MR) is 183 cm³/mol. The molecule has 0 heterocycles. The van der Waals surface area contributed by atoms with E-state index in [0.717, 1.165) is 29.7 Å². The summed E-state index contributed by atoms with van der Waals surface area (Å²) in [7, 11) is 0. The van der Waals surface area contributed by atoms with E-state index < -0.39 is 11.9 Å². The van der Waals surface area contributed by atoms with Crippen LogP contribution in [0.2, 0.25) is 0 Å². The first-order valence-corrected chi connectivity index (χ1v) is 17.5. The third-order valence-electron chi connectivity index (χ3n) is 8.49. The fourth-order valence-corrected chi connectivity index (χ4v) is 5.84. The van der Waals surface area contributed by atoms with Crippen LogP contribution in [0, 0.1) is 0 Å². The lowest BCUT2D eigenvalue weighted by molar-refractivity contribution is -0.148. The Morgan fingerprint density at radius 1 is 0.605 bits per heavy atom. The molecule has 1 atom stereocenters. The summed E-state index contributed by atoms with van der Waals surface area (Å²) in [6, 6.07) is 15.4. The Kier molecular flexibility index (Phi) is 18.7. The molecular weight excluding hydrogens is 530 g/mol. The van der Waals surface area contributed by atoms with Gasteiger partial charge in [0.25, 0.3) is 0 Å². The maximum absolute atomic E-state index is 13.7. The Morgan fingerprint density at radius 3 is 1.49 bits per heavy atom. The molecule has 43 heavy (non-hydrogen) atoms. The molecule has 2 aromatic carbocycles. The van der Waals surface area contributed by atoms with Gasteiger partial charge in [0.1, 0.15) is 0 Å². The zero-order valence-corrected chi connectivity index (χ0v) is 28.1. The smallest absolute Gasteiger partial charge is 0.323 e. The van der Waals surface area contributed by atoms with Crippen LogP contribution in [-0.4, -0.2) is 18.5 Å². The highest BCUT2D eigenvalue weighted by Crippen LogP contribution is 2.33. The van der Waals surface area contributed by atoms with E-state index in [1.165, 1.54) is 89.9 Å². The molecule has 2 aromatic rings. The van der Waals surface area contributed by atoms with E-state index in [-0.39, 0.29) is 17.7 Å². The molecule has 0 fully saturated rings. The van der Waals surface area contributed by atoms with Gasteiger partial charge in [0.15, 0.2) is 5.92 Å². The normalized spacial score (nSPS) is 12.1. The van der Waals surface area contributed by atoms with Crippen LogP contribution in [-0.2, 0) is 14.3 Å². The Bertz CT molecular complexity index is 1000. The minimum absolute atomic E-state index is 0.242. The Balaban J connectivity index is 1.74. The summed E-state index contributed by atoms with van der Waals surface area (Å²) in [5.74, 6) is -1.32. The largest absolute Gasteiger partial charge is 0.465 e. The molecule has 4 heteroatoms. The van der Waals surface area contributed by atoms with Gasteiger partial charge in [-0.2, -0.15) is 0 Å². The summed E-state index contributed by atoms with van der Waals surface area (Å²) in [5, 5.41) is 3.14. The van der Waals surface area contributed by atoms with Crippen molar-refractivity contribution in [1.29, 1.82) is 0 Å². The highest BCUT2D eigenvalue weighted by Gasteiger charge is 2.31. The number of hydrogen-bond acceptors (Lipinski definition) is 3. The van der Waals surface area contributed by atoms with E-state index in [0.29, 0.717) is 12.2 Å². The van der Waals surface area contributed by atoms with Crippen molar-refractivity contribution in [2.75, 3.05) is 11.9 Å². The number of nitrogens with one attached hydrogen (secondary N) is 1. The average Bonchev–Trinajstić information content (AvgIpc) is 2.99.